The SMILES string of the molecule is CN=C(NCCc1nc(C)c(C)s1)NCc1ccc2c(c1)CCCN2C.I. The second-order valence-corrected chi connectivity index (χ2v) is 8.13. The van der Waals surface area contributed by atoms with E-state index in [2.05, 4.69) is 64.6 Å². The van der Waals surface area contributed by atoms with E-state index in [-0.39, 0.29) is 24.0 Å². The Morgan fingerprint density at radius 3 is 2.81 bits per heavy atom. The van der Waals surface area contributed by atoms with Crippen LogP contribution in [0.2, 0.25) is 0 Å². The Bertz CT molecular complexity index is 767. The smallest absolute Gasteiger partial charge is 0.191 e. The van der Waals surface area contributed by atoms with Gasteiger partial charge in [-0.3, -0.25) is 4.99 Å². The molecule has 0 unspecified atom stereocenters. The molecule has 0 saturated carbocycles. The number of hydrogen-bond acceptors (Lipinski definition) is 4. The van der Waals surface area contributed by atoms with Crippen LogP contribution in [-0.2, 0) is 19.4 Å². The van der Waals surface area contributed by atoms with E-state index in [1.54, 1.807) is 11.3 Å². The van der Waals surface area contributed by atoms with Crippen LogP contribution in [-0.4, -0.2) is 38.1 Å². The van der Waals surface area contributed by atoms with E-state index in [9.17, 15) is 0 Å². The molecule has 27 heavy (non-hydrogen) atoms. The first-order valence-corrected chi connectivity index (χ1v) is 10.1. The predicted molar refractivity (Wildman–Crippen MR) is 127 cm³/mol. The number of rotatable bonds is 5. The van der Waals surface area contributed by atoms with Gasteiger partial charge in [0.05, 0.1) is 10.7 Å². The fraction of sp³-hybridized carbons (Fsp3) is 0.500. The van der Waals surface area contributed by atoms with Crippen LogP contribution in [0.3, 0.4) is 0 Å². The van der Waals surface area contributed by atoms with Gasteiger partial charge in [-0.15, -0.1) is 35.3 Å². The molecule has 0 saturated heterocycles. The number of hydrogen-bond donors (Lipinski definition) is 2. The van der Waals surface area contributed by atoms with Crippen LogP contribution in [0.25, 0.3) is 0 Å². The van der Waals surface area contributed by atoms with Crippen molar-refractivity contribution in [2.75, 3.05) is 32.1 Å². The summed E-state index contributed by atoms with van der Waals surface area (Å²) in [6.07, 6.45) is 3.33. The largest absolute Gasteiger partial charge is 0.374 e. The molecule has 0 atom stereocenters. The number of benzene rings is 1. The summed E-state index contributed by atoms with van der Waals surface area (Å²) in [4.78, 5) is 12.6. The van der Waals surface area contributed by atoms with Crippen molar-refractivity contribution in [1.29, 1.82) is 0 Å². The molecule has 7 heteroatoms. The Balaban J connectivity index is 0.00000261. The molecule has 2 heterocycles. The molecule has 0 radical (unpaired) electrons. The van der Waals surface area contributed by atoms with Crippen molar-refractivity contribution in [3.05, 3.63) is 44.9 Å². The summed E-state index contributed by atoms with van der Waals surface area (Å²) in [5.41, 5.74) is 5.27. The number of fused-ring (bicyclic) bond motifs is 1. The normalized spacial score (nSPS) is 13.8. The average Bonchev–Trinajstić information content (AvgIpc) is 2.95. The number of guanidine groups is 1. The first kappa shape index (κ1) is 21.9. The zero-order valence-corrected chi connectivity index (χ0v) is 19.8. The maximum Gasteiger partial charge on any atom is 0.191 e. The second kappa shape index (κ2) is 10.3. The summed E-state index contributed by atoms with van der Waals surface area (Å²) in [7, 11) is 3.99. The van der Waals surface area contributed by atoms with Crippen LogP contribution in [0, 0.1) is 13.8 Å². The molecule has 0 spiro atoms. The highest BCUT2D eigenvalue weighted by Crippen LogP contribution is 2.26. The average molecular weight is 499 g/mol. The van der Waals surface area contributed by atoms with Crippen molar-refractivity contribution in [3.8, 4) is 0 Å². The quantitative estimate of drug-likeness (QED) is 0.375. The molecular weight excluding hydrogens is 469 g/mol. The fourth-order valence-corrected chi connectivity index (χ4v) is 4.22. The van der Waals surface area contributed by atoms with Crippen molar-refractivity contribution in [1.82, 2.24) is 15.6 Å². The zero-order valence-electron chi connectivity index (χ0n) is 16.6. The number of aryl methyl sites for hydroxylation is 3. The Kier molecular flexibility index (Phi) is 8.34. The molecule has 0 bridgehead atoms. The molecule has 0 aliphatic carbocycles. The van der Waals surface area contributed by atoms with Gasteiger partial charge in [-0.1, -0.05) is 12.1 Å². The minimum atomic E-state index is 0. The lowest BCUT2D eigenvalue weighted by molar-refractivity contribution is 0.740. The van der Waals surface area contributed by atoms with Gasteiger partial charge < -0.3 is 15.5 Å². The van der Waals surface area contributed by atoms with Crippen molar-refractivity contribution >= 4 is 47.0 Å². The summed E-state index contributed by atoms with van der Waals surface area (Å²) in [5, 5.41) is 7.98. The summed E-state index contributed by atoms with van der Waals surface area (Å²) in [5.74, 6) is 0.838. The highest BCUT2D eigenvalue weighted by atomic mass is 127. The van der Waals surface area contributed by atoms with Crippen molar-refractivity contribution in [2.45, 2.75) is 39.7 Å². The molecule has 1 aromatic heterocycles. The summed E-state index contributed by atoms with van der Waals surface area (Å²) >= 11 is 1.78. The highest BCUT2D eigenvalue weighted by Gasteiger charge is 2.13. The van der Waals surface area contributed by atoms with Gasteiger partial charge in [-0.2, -0.15) is 0 Å². The minimum absolute atomic E-state index is 0. The zero-order chi connectivity index (χ0) is 18.5. The van der Waals surface area contributed by atoms with E-state index < -0.39 is 0 Å². The van der Waals surface area contributed by atoms with Gasteiger partial charge in [-0.25, -0.2) is 4.98 Å². The van der Waals surface area contributed by atoms with Gasteiger partial charge in [0.1, 0.15) is 0 Å². The van der Waals surface area contributed by atoms with E-state index >= 15 is 0 Å². The monoisotopic (exact) mass is 499 g/mol. The van der Waals surface area contributed by atoms with Gasteiger partial charge in [0.15, 0.2) is 5.96 Å². The third-order valence-corrected chi connectivity index (χ3v) is 6.02. The lowest BCUT2D eigenvalue weighted by Crippen LogP contribution is -2.37. The van der Waals surface area contributed by atoms with Crippen LogP contribution < -0.4 is 15.5 Å². The molecule has 2 aromatic rings. The topological polar surface area (TPSA) is 52.6 Å². The van der Waals surface area contributed by atoms with Gasteiger partial charge in [-0.05, 0) is 43.9 Å². The predicted octanol–water partition coefficient (Wildman–Crippen LogP) is 3.67. The third kappa shape index (κ3) is 5.81. The molecule has 1 aliphatic rings. The molecular formula is C20H30IN5S. The summed E-state index contributed by atoms with van der Waals surface area (Å²) in [6.45, 7) is 6.97. The maximum absolute atomic E-state index is 4.59. The van der Waals surface area contributed by atoms with E-state index in [4.69, 9.17) is 0 Å². The minimum Gasteiger partial charge on any atom is -0.374 e. The van der Waals surface area contributed by atoms with Crippen molar-refractivity contribution in [3.63, 3.8) is 0 Å². The Hall–Kier alpha value is -1.35. The molecule has 2 N–H and O–H groups in total. The van der Waals surface area contributed by atoms with Crippen LogP contribution in [0.1, 0.15) is 33.1 Å². The fourth-order valence-electron chi connectivity index (χ4n) is 3.29. The van der Waals surface area contributed by atoms with Gasteiger partial charge in [0.25, 0.3) is 0 Å². The lowest BCUT2D eigenvalue weighted by atomic mass is 9.99. The molecule has 1 aromatic carbocycles. The van der Waals surface area contributed by atoms with E-state index in [1.165, 1.54) is 39.5 Å². The van der Waals surface area contributed by atoms with E-state index in [1.807, 2.05) is 7.05 Å². The number of anilines is 1. The Morgan fingerprint density at radius 1 is 1.30 bits per heavy atom. The van der Waals surface area contributed by atoms with Crippen LogP contribution in [0.5, 0.6) is 0 Å². The number of halogens is 1. The van der Waals surface area contributed by atoms with Gasteiger partial charge >= 0.3 is 0 Å². The maximum atomic E-state index is 4.59. The van der Waals surface area contributed by atoms with Crippen LogP contribution in [0.15, 0.2) is 23.2 Å². The van der Waals surface area contributed by atoms with Crippen LogP contribution >= 0.6 is 35.3 Å². The number of aromatic nitrogens is 1. The standard InChI is InChI=1S/C20H29N5S.HI/c1-14-15(2)26-19(24-14)9-10-22-20(21-3)23-13-16-7-8-18-17(12-16)6-5-11-25(18)4;/h7-8,12H,5-6,9-11,13H2,1-4H3,(H2,21,22,23);1H. The Labute approximate surface area is 183 Å². The van der Waals surface area contributed by atoms with Gasteiger partial charge in [0.2, 0.25) is 0 Å². The van der Waals surface area contributed by atoms with Crippen molar-refractivity contribution < 1.29 is 0 Å². The molecule has 0 amide bonds. The lowest BCUT2D eigenvalue weighted by Gasteiger charge is -2.28. The molecule has 3 rings (SSSR count). The number of nitrogens with zero attached hydrogens (tertiary/aromatic N) is 3. The first-order chi connectivity index (χ1) is 12.6. The number of aliphatic imine (C=N–C) groups is 1. The third-order valence-electron chi connectivity index (χ3n) is 4.88. The Morgan fingerprint density at radius 2 is 2.11 bits per heavy atom. The van der Waals surface area contributed by atoms with E-state index in [0.717, 1.165) is 37.7 Å². The number of nitrogens with one attached hydrogen (secondary N) is 2. The molecule has 0 fully saturated rings. The van der Waals surface area contributed by atoms with Gasteiger partial charge in [0, 0.05) is 50.7 Å². The second-order valence-electron chi connectivity index (χ2n) is 6.84. The number of thiazole rings is 1. The molecule has 5 nitrogen and oxygen atoms in total. The highest BCUT2D eigenvalue weighted by molar-refractivity contribution is 14.0. The summed E-state index contributed by atoms with van der Waals surface area (Å²) < 4.78 is 0. The first-order valence-electron chi connectivity index (χ1n) is 9.27. The molecule has 148 valence electrons. The van der Waals surface area contributed by atoms with E-state index in [0.29, 0.717) is 0 Å². The summed E-state index contributed by atoms with van der Waals surface area (Å²) in [6, 6.07) is 6.78. The molecule has 1 aliphatic heterocycles. The van der Waals surface area contributed by atoms with Crippen LogP contribution in [0.4, 0.5) is 5.69 Å². The van der Waals surface area contributed by atoms with Crippen molar-refractivity contribution in [2.24, 2.45) is 4.99 Å².